The first-order valence-corrected chi connectivity index (χ1v) is 7.98. The lowest BCUT2D eigenvalue weighted by molar-refractivity contribution is 0.207. The zero-order valence-corrected chi connectivity index (χ0v) is 13.7. The third-order valence-corrected chi connectivity index (χ3v) is 5.53. The summed E-state index contributed by atoms with van der Waals surface area (Å²) in [5, 5.41) is 0.318. The Morgan fingerprint density at radius 1 is 1.16 bits per heavy atom. The van der Waals surface area contributed by atoms with Crippen molar-refractivity contribution in [1.82, 2.24) is 0 Å². The summed E-state index contributed by atoms with van der Waals surface area (Å²) in [6.45, 7) is 11.5. The maximum Gasteiger partial charge on any atom is 0.0375 e. The molecule has 0 nitrogen and oxygen atoms in total. The quantitative estimate of drug-likeness (QED) is 0.616. The first-order chi connectivity index (χ1) is 8.82. The predicted molar refractivity (Wildman–Crippen MR) is 85.1 cm³/mol. The van der Waals surface area contributed by atoms with E-state index in [-0.39, 0.29) is 5.41 Å². The van der Waals surface area contributed by atoms with Crippen molar-refractivity contribution in [3.05, 3.63) is 34.9 Å². The Labute approximate surface area is 123 Å². The van der Waals surface area contributed by atoms with Crippen LogP contribution >= 0.6 is 11.6 Å². The number of aryl methyl sites for hydroxylation is 2. The average molecular weight is 279 g/mol. The molecule has 1 saturated carbocycles. The van der Waals surface area contributed by atoms with E-state index >= 15 is 0 Å². The van der Waals surface area contributed by atoms with Crippen LogP contribution in [0.1, 0.15) is 56.7 Å². The summed E-state index contributed by atoms with van der Waals surface area (Å²) in [7, 11) is 0. The van der Waals surface area contributed by atoms with Crippen LogP contribution in [0.15, 0.2) is 18.2 Å². The van der Waals surface area contributed by atoms with Crippen molar-refractivity contribution >= 4 is 11.6 Å². The van der Waals surface area contributed by atoms with Crippen molar-refractivity contribution < 1.29 is 0 Å². The fraction of sp³-hybridized carbons (Fsp3) is 0.667. The van der Waals surface area contributed by atoms with Gasteiger partial charge in [0.25, 0.3) is 0 Å². The monoisotopic (exact) mass is 278 g/mol. The second kappa shape index (κ2) is 5.48. The lowest BCUT2D eigenvalue weighted by Gasteiger charge is -2.43. The molecule has 0 aliphatic heterocycles. The summed E-state index contributed by atoms with van der Waals surface area (Å²) in [5.41, 5.74) is 4.41. The number of alkyl halides is 1. The largest absolute Gasteiger partial charge is 0.123 e. The Morgan fingerprint density at radius 2 is 1.84 bits per heavy atom. The molecule has 1 aromatic carbocycles. The minimum Gasteiger partial charge on any atom is -0.123 e. The van der Waals surface area contributed by atoms with Gasteiger partial charge in [0.1, 0.15) is 0 Å². The highest BCUT2D eigenvalue weighted by Crippen LogP contribution is 2.45. The lowest BCUT2D eigenvalue weighted by atomic mass is 9.65. The standard InChI is InChI=1S/C18H27Cl/c1-12-6-8-14(3)16(10-12)18(4,5)15-9-7-13(2)11-17(15)19/h6,8,10,13,15,17H,7,9,11H2,1-5H3. The highest BCUT2D eigenvalue weighted by Gasteiger charge is 2.39. The number of rotatable bonds is 2. The maximum absolute atomic E-state index is 6.70. The molecule has 1 fully saturated rings. The summed E-state index contributed by atoms with van der Waals surface area (Å²) in [4.78, 5) is 0. The van der Waals surface area contributed by atoms with Gasteiger partial charge >= 0.3 is 0 Å². The molecule has 0 spiro atoms. The van der Waals surface area contributed by atoms with Crippen LogP contribution in [0.4, 0.5) is 0 Å². The Morgan fingerprint density at radius 3 is 2.47 bits per heavy atom. The molecule has 0 heterocycles. The summed E-state index contributed by atoms with van der Waals surface area (Å²) in [5.74, 6) is 1.37. The van der Waals surface area contributed by atoms with Crippen LogP contribution in [0.3, 0.4) is 0 Å². The SMILES string of the molecule is Cc1ccc(C)c(C(C)(C)C2CCC(C)CC2Cl)c1. The molecule has 1 aliphatic rings. The molecule has 0 aromatic heterocycles. The summed E-state index contributed by atoms with van der Waals surface area (Å²) in [6, 6.07) is 6.81. The van der Waals surface area contributed by atoms with Crippen LogP contribution < -0.4 is 0 Å². The second-order valence-electron chi connectivity index (χ2n) is 7.08. The first-order valence-electron chi connectivity index (χ1n) is 7.54. The third kappa shape index (κ3) is 2.99. The maximum atomic E-state index is 6.70. The number of benzene rings is 1. The van der Waals surface area contributed by atoms with E-state index in [4.69, 9.17) is 11.6 Å². The molecule has 1 aliphatic carbocycles. The van der Waals surface area contributed by atoms with Crippen molar-refractivity contribution in [2.45, 2.75) is 64.7 Å². The molecule has 0 bridgehead atoms. The van der Waals surface area contributed by atoms with Crippen molar-refractivity contribution in [2.75, 3.05) is 0 Å². The minimum atomic E-state index is 0.169. The van der Waals surface area contributed by atoms with Crippen LogP contribution in [0, 0.1) is 25.7 Å². The number of hydrogen-bond acceptors (Lipinski definition) is 0. The van der Waals surface area contributed by atoms with E-state index in [1.54, 1.807) is 0 Å². The van der Waals surface area contributed by atoms with Gasteiger partial charge < -0.3 is 0 Å². The third-order valence-electron chi connectivity index (χ3n) is 5.05. The van der Waals surface area contributed by atoms with E-state index in [9.17, 15) is 0 Å². The lowest BCUT2D eigenvalue weighted by Crippen LogP contribution is -2.39. The molecule has 0 saturated heterocycles. The van der Waals surface area contributed by atoms with Crippen molar-refractivity contribution in [2.24, 2.45) is 11.8 Å². The molecule has 0 N–H and O–H groups in total. The molecule has 1 aromatic rings. The van der Waals surface area contributed by atoms with Crippen LogP contribution in [-0.4, -0.2) is 5.38 Å². The van der Waals surface area contributed by atoms with Gasteiger partial charge in [-0.15, -0.1) is 11.6 Å². The van der Waals surface area contributed by atoms with Gasteiger partial charge in [-0.05, 0) is 55.1 Å². The van der Waals surface area contributed by atoms with Gasteiger partial charge in [0.05, 0.1) is 0 Å². The van der Waals surface area contributed by atoms with Crippen molar-refractivity contribution in [3.8, 4) is 0 Å². The highest BCUT2D eigenvalue weighted by atomic mass is 35.5. The van der Waals surface area contributed by atoms with Crippen LogP contribution in [0.25, 0.3) is 0 Å². The summed E-state index contributed by atoms with van der Waals surface area (Å²) in [6.07, 6.45) is 3.75. The Bertz CT molecular complexity index is 447. The van der Waals surface area contributed by atoms with Crippen LogP contribution in [0.5, 0.6) is 0 Å². The fourth-order valence-electron chi connectivity index (χ4n) is 3.75. The molecule has 1 heteroatoms. The molecule has 106 valence electrons. The van der Waals surface area contributed by atoms with Crippen molar-refractivity contribution in [1.29, 1.82) is 0 Å². The molecule has 19 heavy (non-hydrogen) atoms. The van der Waals surface area contributed by atoms with Gasteiger partial charge in [-0.25, -0.2) is 0 Å². The van der Waals surface area contributed by atoms with E-state index in [1.807, 2.05) is 0 Å². The Kier molecular flexibility index (Phi) is 4.30. The molecular weight excluding hydrogens is 252 g/mol. The Balaban J connectivity index is 2.33. The zero-order valence-electron chi connectivity index (χ0n) is 13.0. The smallest absolute Gasteiger partial charge is 0.0375 e. The van der Waals surface area contributed by atoms with Gasteiger partial charge in [-0.3, -0.25) is 0 Å². The van der Waals surface area contributed by atoms with Gasteiger partial charge in [0, 0.05) is 5.38 Å². The first kappa shape index (κ1) is 14.9. The molecule has 0 amide bonds. The predicted octanol–water partition coefficient (Wildman–Crippen LogP) is 5.62. The fourth-order valence-corrected chi connectivity index (χ4v) is 4.50. The van der Waals surface area contributed by atoms with Crippen molar-refractivity contribution in [3.63, 3.8) is 0 Å². The highest BCUT2D eigenvalue weighted by molar-refractivity contribution is 6.20. The Hall–Kier alpha value is -0.490. The van der Waals surface area contributed by atoms with E-state index in [1.165, 1.54) is 36.0 Å². The topological polar surface area (TPSA) is 0 Å². The van der Waals surface area contributed by atoms with E-state index in [0.29, 0.717) is 11.3 Å². The van der Waals surface area contributed by atoms with Crippen LogP contribution in [0.2, 0.25) is 0 Å². The zero-order chi connectivity index (χ0) is 14.2. The second-order valence-corrected chi connectivity index (χ2v) is 7.64. The minimum absolute atomic E-state index is 0.169. The van der Waals surface area contributed by atoms with E-state index in [2.05, 4.69) is 52.8 Å². The molecule has 3 unspecified atom stereocenters. The van der Waals surface area contributed by atoms with Gasteiger partial charge in [-0.1, -0.05) is 51.0 Å². The van der Waals surface area contributed by atoms with Gasteiger partial charge in [-0.2, -0.15) is 0 Å². The number of hydrogen-bond donors (Lipinski definition) is 0. The van der Waals surface area contributed by atoms with Gasteiger partial charge in [0.15, 0.2) is 0 Å². The van der Waals surface area contributed by atoms with E-state index < -0.39 is 0 Å². The average Bonchev–Trinajstić information content (AvgIpc) is 2.31. The molecule has 3 atom stereocenters. The molecule has 2 rings (SSSR count). The van der Waals surface area contributed by atoms with E-state index in [0.717, 1.165) is 5.92 Å². The summed E-state index contributed by atoms with van der Waals surface area (Å²) < 4.78 is 0. The summed E-state index contributed by atoms with van der Waals surface area (Å²) >= 11 is 6.70. The normalized spacial score (nSPS) is 28.4. The van der Waals surface area contributed by atoms with Gasteiger partial charge in [0.2, 0.25) is 0 Å². The van der Waals surface area contributed by atoms with Crippen LogP contribution in [-0.2, 0) is 5.41 Å². The number of halogens is 1. The molecular formula is C18H27Cl. The molecule has 0 radical (unpaired) electrons.